The molecule has 2 fully saturated rings. The molecule has 2 saturated heterocycles. The van der Waals surface area contributed by atoms with Crippen LogP contribution in [-0.4, -0.2) is 74.5 Å². The van der Waals surface area contributed by atoms with E-state index in [1.165, 1.54) is 0 Å². The minimum atomic E-state index is -0.552. The van der Waals surface area contributed by atoms with Crippen LogP contribution in [0, 0.1) is 0 Å². The fourth-order valence-corrected chi connectivity index (χ4v) is 3.75. The molecule has 2 aliphatic heterocycles. The fourth-order valence-electron chi connectivity index (χ4n) is 2.65. The summed E-state index contributed by atoms with van der Waals surface area (Å²) in [4.78, 5) is 14.2. The lowest BCUT2D eigenvalue weighted by atomic mass is 9.93. The lowest BCUT2D eigenvalue weighted by molar-refractivity contribution is -0.186. The number of fused-ring (bicyclic) bond motifs is 1. The van der Waals surface area contributed by atoms with Crippen molar-refractivity contribution in [1.29, 1.82) is 0 Å². The third-order valence-electron chi connectivity index (χ3n) is 3.49. The zero-order valence-electron chi connectivity index (χ0n) is 10.4. The van der Waals surface area contributed by atoms with E-state index in [9.17, 15) is 4.79 Å². The van der Waals surface area contributed by atoms with E-state index in [0.717, 1.165) is 18.1 Å². The molecule has 2 heterocycles. The summed E-state index contributed by atoms with van der Waals surface area (Å²) in [6, 6.07) is 0.0996. The zero-order chi connectivity index (χ0) is 12.4. The highest BCUT2D eigenvalue weighted by Crippen LogP contribution is 2.30. The third-order valence-corrected chi connectivity index (χ3v) is 4.54. The van der Waals surface area contributed by atoms with Gasteiger partial charge in [0.15, 0.2) is 6.10 Å². The molecule has 2 aliphatic rings. The summed E-state index contributed by atoms with van der Waals surface area (Å²) in [5, 5.41) is 0. The van der Waals surface area contributed by atoms with E-state index in [1.807, 2.05) is 16.7 Å². The van der Waals surface area contributed by atoms with E-state index in [-0.39, 0.29) is 24.2 Å². The largest absolute Gasteiger partial charge is 0.376 e. The monoisotopic (exact) mass is 261 g/mol. The first kappa shape index (κ1) is 13.1. The number of methoxy groups -OCH3 is 3. The van der Waals surface area contributed by atoms with Gasteiger partial charge in [0, 0.05) is 39.4 Å². The van der Waals surface area contributed by atoms with Gasteiger partial charge in [0.25, 0.3) is 5.91 Å². The summed E-state index contributed by atoms with van der Waals surface area (Å²) in [5.41, 5.74) is 0. The number of carbonyl (C=O) groups is 1. The van der Waals surface area contributed by atoms with Gasteiger partial charge in [-0.1, -0.05) is 0 Å². The van der Waals surface area contributed by atoms with Crippen molar-refractivity contribution in [3.8, 4) is 0 Å². The van der Waals surface area contributed by atoms with E-state index in [4.69, 9.17) is 14.2 Å². The number of nitrogens with zero attached hydrogens (tertiary/aromatic N) is 1. The zero-order valence-corrected chi connectivity index (χ0v) is 11.2. The van der Waals surface area contributed by atoms with E-state index in [1.54, 1.807) is 21.3 Å². The minimum Gasteiger partial charge on any atom is -0.376 e. The average molecular weight is 261 g/mol. The molecule has 0 N–H and O–H groups in total. The maximum atomic E-state index is 12.3. The van der Waals surface area contributed by atoms with Crippen LogP contribution < -0.4 is 0 Å². The number of thioether (sulfide) groups is 1. The molecule has 0 radical (unpaired) electrons. The van der Waals surface area contributed by atoms with Gasteiger partial charge in [-0.2, -0.15) is 11.8 Å². The van der Waals surface area contributed by atoms with Gasteiger partial charge < -0.3 is 19.1 Å². The molecule has 2 rings (SSSR count). The molecule has 17 heavy (non-hydrogen) atoms. The lowest BCUT2D eigenvalue weighted by Crippen LogP contribution is -2.67. The first-order chi connectivity index (χ1) is 8.24. The Labute approximate surface area is 106 Å². The molecule has 0 aromatic rings. The average Bonchev–Trinajstić information content (AvgIpc) is 2.38. The van der Waals surface area contributed by atoms with Gasteiger partial charge in [0.2, 0.25) is 0 Å². The van der Waals surface area contributed by atoms with Gasteiger partial charge in [0.05, 0.1) is 6.04 Å². The van der Waals surface area contributed by atoms with Crippen LogP contribution in [-0.2, 0) is 19.0 Å². The molecule has 0 spiro atoms. The highest BCUT2D eigenvalue weighted by atomic mass is 32.2. The molecule has 0 bridgehead atoms. The topological polar surface area (TPSA) is 48.0 Å². The summed E-state index contributed by atoms with van der Waals surface area (Å²) < 4.78 is 16.2. The van der Waals surface area contributed by atoms with Gasteiger partial charge in [-0.3, -0.25) is 4.79 Å². The predicted molar refractivity (Wildman–Crippen MR) is 65.2 cm³/mol. The van der Waals surface area contributed by atoms with Crippen molar-refractivity contribution in [3.05, 3.63) is 0 Å². The van der Waals surface area contributed by atoms with Crippen molar-refractivity contribution < 1.29 is 19.0 Å². The number of hydrogen-bond donors (Lipinski definition) is 0. The molecular formula is C11H19NO4S. The maximum absolute atomic E-state index is 12.3. The number of amides is 1. The second kappa shape index (κ2) is 5.56. The Kier molecular flexibility index (Phi) is 4.30. The van der Waals surface area contributed by atoms with Gasteiger partial charge >= 0.3 is 0 Å². The van der Waals surface area contributed by atoms with Gasteiger partial charge in [-0.05, 0) is 0 Å². The van der Waals surface area contributed by atoms with Crippen LogP contribution in [0.5, 0.6) is 0 Å². The van der Waals surface area contributed by atoms with Crippen LogP contribution in [0.4, 0.5) is 0 Å². The summed E-state index contributed by atoms with van der Waals surface area (Å²) in [6.07, 6.45) is -0.989. The SMILES string of the molecule is CO[C@H]1[C@H](OC)[C@@H]2CSCCN2C(=O)[C@H]1OC. The van der Waals surface area contributed by atoms with Crippen LogP contribution in [0.1, 0.15) is 0 Å². The molecule has 1 amide bonds. The third kappa shape index (κ3) is 2.19. The van der Waals surface area contributed by atoms with Crippen molar-refractivity contribution >= 4 is 17.7 Å². The molecule has 4 atom stereocenters. The fraction of sp³-hybridized carbons (Fsp3) is 0.909. The smallest absolute Gasteiger partial charge is 0.254 e. The lowest BCUT2D eigenvalue weighted by Gasteiger charge is -2.48. The minimum absolute atomic E-state index is 0.0259. The number of piperidine rings is 1. The highest BCUT2D eigenvalue weighted by Gasteiger charge is 2.50. The van der Waals surface area contributed by atoms with Crippen molar-refractivity contribution in [1.82, 2.24) is 4.90 Å². The molecule has 0 aromatic heterocycles. The van der Waals surface area contributed by atoms with Gasteiger partial charge in [-0.25, -0.2) is 0 Å². The van der Waals surface area contributed by atoms with Crippen molar-refractivity contribution in [2.75, 3.05) is 39.4 Å². The number of hydrogen-bond acceptors (Lipinski definition) is 5. The van der Waals surface area contributed by atoms with E-state index in [0.29, 0.717) is 0 Å². The normalized spacial score (nSPS) is 38.1. The van der Waals surface area contributed by atoms with Crippen LogP contribution in [0.25, 0.3) is 0 Å². The molecule has 0 saturated carbocycles. The van der Waals surface area contributed by atoms with Crippen LogP contribution in [0.2, 0.25) is 0 Å². The summed E-state index contributed by atoms with van der Waals surface area (Å²) >= 11 is 1.85. The maximum Gasteiger partial charge on any atom is 0.254 e. The predicted octanol–water partition coefficient (Wildman–Crippen LogP) is -0.0110. The standard InChI is InChI=1S/C11H19NO4S/c1-14-8-7-6-17-5-4-12(7)11(13)10(16-3)9(8)15-2/h7-10H,4-6H2,1-3H3/t7-,8+,9-,10-/m0/s1. The quantitative estimate of drug-likeness (QED) is 0.715. The Morgan fingerprint density at radius 2 is 1.88 bits per heavy atom. The Hall–Kier alpha value is -0.300. The second-order valence-electron chi connectivity index (χ2n) is 4.23. The molecule has 0 aromatic carbocycles. The second-order valence-corrected chi connectivity index (χ2v) is 5.38. The molecular weight excluding hydrogens is 242 g/mol. The molecule has 98 valence electrons. The number of carbonyl (C=O) groups excluding carboxylic acids is 1. The molecule has 6 heteroatoms. The molecule has 0 aliphatic carbocycles. The summed E-state index contributed by atoms with van der Waals surface area (Å²) in [7, 11) is 4.80. The highest BCUT2D eigenvalue weighted by molar-refractivity contribution is 7.99. The number of rotatable bonds is 3. The Balaban J connectivity index is 2.26. The summed E-state index contributed by atoms with van der Waals surface area (Å²) in [6.45, 7) is 0.768. The Bertz CT molecular complexity index is 279. The molecule has 5 nitrogen and oxygen atoms in total. The van der Waals surface area contributed by atoms with Gasteiger partial charge in [-0.15, -0.1) is 0 Å². The van der Waals surface area contributed by atoms with Crippen molar-refractivity contribution in [2.24, 2.45) is 0 Å². The summed E-state index contributed by atoms with van der Waals surface area (Å²) in [5.74, 6) is 1.91. The van der Waals surface area contributed by atoms with E-state index < -0.39 is 6.10 Å². The Morgan fingerprint density at radius 1 is 1.18 bits per heavy atom. The van der Waals surface area contributed by atoms with Gasteiger partial charge in [0.1, 0.15) is 12.2 Å². The van der Waals surface area contributed by atoms with Crippen molar-refractivity contribution in [2.45, 2.75) is 24.4 Å². The van der Waals surface area contributed by atoms with E-state index in [2.05, 4.69) is 0 Å². The van der Waals surface area contributed by atoms with Crippen LogP contribution in [0.15, 0.2) is 0 Å². The first-order valence-electron chi connectivity index (χ1n) is 5.71. The Morgan fingerprint density at radius 3 is 2.47 bits per heavy atom. The molecule has 0 unspecified atom stereocenters. The van der Waals surface area contributed by atoms with Crippen LogP contribution >= 0.6 is 11.8 Å². The van der Waals surface area contributed by atoms with Crippen LogP contribution in [0.3, 0.4) is 0 Å². The first-order valence-corrected chi connectivity index (χ1v) is 6.86. The van der Waals surface area contributed by atoms with E-state index >= 15 is 0 Å². The number of ether oxygens (including phenoxy) is 3. The van der Waals surface area contributed by atoms with Crippen molar-refractivity contribution in [3.63, 3.8) is 0 Å².